The summed E-state index contributed by atoms with van der Waals surface area (Å²) < 4.78 is 3.55. The van der Waals surface area contributed by atoms with Gasteiger partial charge in [0.2, 0.25) is 0 Å². The van der Waals surface area contributed by atoms with E-state index < -0.39 is 0 Å². The minimum atomic E-state index is 0.355. The molecule has 0 N–H and O–H groups in total. The smallest absolute Gasteiger partial charge is 0.248 e. The quantitative estimate of drug-likeness (QED) is 0.457. The molecule has 0 aliphatic rings. The molecule has 4 heterocycles. The fourth-order valence-electron chi connectivity index (χ4n) is 3.01. The monoisotopic (exact) mass is 349 g/mol. The predicted octanol–water partition coefficient (Wildman–Crippen LogP) is 3.36. The second-order valence-corrected chi connectivity index (χ2v) is 5.99. The van der Waals surface area contributed by atoms with E-state index in [1.165, 1.54) is 0 Å². The van der Waals surface area contributed by atoms with E-state index in [2.05, 4.69) is 25.1 Å². The number of aryl methyl sites for hydroxylation is 1. The Kier molecular flexibility index (Phi) is 2.98. The lowest BCUT2D eigenvalue weighted by Crippen LogP contribution is -1.99. The zero-order chi connectivity index (χ0) is 17.0. The zero-order valence-electron chi connectivity index (χ0n) is 13.3. The van der Waals surface area contributed by atoms with E-state index in [0.717, 1.165) is 34.0 Å². The fourth-order valence-corrected chi connectivity index (χ4v) is 3.22. The third-order valence-electron chi connectivity index (χ3n) is 4.19. The topological polar surface area (TPSA) is 73.8 Å². The fraction of sp³-hybridized carbons (Fsp3) is 0.118. The Bertz CT molecular complexity index is 1240. The second-order valence-electron chi connectivity index (χ2n) is 5.63. The molecule has 8 heteroatoms. The summed E-state index contributed by atoms with van der Waals surface area (Å²) in [5, 5.41) is 11.0. The molecule has 5 aromatic rings. The summed E-state index contributed by atoms with van der Waals surface area (Å²) in [7, 11) is 0. The highest BCUT2D eigenvalue weighted by atomic mass is 35.5. The normalized spacial score (nSPS) is 11.8. The van der Waals surface area contributed by atoms with Crippen molar-refractivity contribution in [2.24, 2.45) is 0 Å². The maximum Gasteiger partial charge on any atom is 0.254 e. The van der Waals surface area contributed by atoms with Crippen LogP contribution in [-0.4, -0.2) is 34.3 Å². The highest BCUT2D eigenvalue weighted by Gasteiger charge is 2.17. The Hall–Kier alpha value is -3.06. The van der Waals surface area contributed by atoms with Gasteiger partial charge in [-0.2, -0.15) is 19.6 Å². The first-order valence-corrected chi connectivity index (χ1v) is 8.26. The Morgan fingerprint density at radius 3 is 2.68 bits per heavy atom. The second kappa shape index (κ2) is 5.22. The van der Waals surface area contributed by atoms with Crippen LogP contribution in [0.25, 0.3) is 39.1 Å². The van der Waals surface area contributed by atoms with Crippen molar-refractivity contribution in [3.8, 4) is 11.4 Å². The van der Waals surface area contributed by atoms with Crippen molar-refractivity contribution >= 4 is 39.3 Å². The summed E-state index contributed by atoms with van der Waals surface area (Å²) in [6, 6.07) is 9.79. The molecular weight excluding hydrogens is 338 g/mol. The van der Waals surface area contributed by atoms with E-state index in [4.69, 9.17) is 11.6 Å². The van der Waals surface area contributed by atoms with E-state index >= 15 is 0 Å². The average molecular weight is 350 g/mol. The number of nitrogens with zero attached hydrogens (tertiary/aromatic N) is 7. The molecule has 7 nitrogen and oxygen atoms in total. The highest BCUT2D eigenvalue weighted by molar-refractivity contribution is 6.35. The van der Waals surface area contributed by atoms with Gasteiger partial charge in [-0.15, -0.1) is 5.10 Å². The lowest BCUT2D eigenvalue weighted by atomic mass is 10.2. The van der Waals surface area contributed by atoms with Crippen LogP contribution >= 0.6 is 11.6 Å². The molecule has 4 aromatic heterocycles. The first-order valence-electron chi connectivity index (χ1n) is 7.88. The van der Waals surface area contributed by atoms with Crippen molar-refractivity contribution in [3.05, 3.63) is 47.9 Å². The lowest BCUT2D eigenvalue weighted by Gasteiger charge is -2.04. The first kappa shape index (κ1) is 14.3. The van der Waals surface area contributed by atoms with Gasteiger partial charge >= 0.3 is 0 Å². The third-order valence-corrected chi connectivity index (χ3v) is 4.48. The Morgan fingerprint density at radius 1 is 1.04 bits per heavy atom. The van der Waals surface area contributed by atoms with Gasteiger partial charge in [0, 0.05) is 18.3 Å². The highest BCUT2D eigenvalue weighted by Crippen LogP contribution is 2.29. The van der Waals surface area contributed by atoms with Crippen molar-refractivity contribution < 1.29 is 0 Å². The molecule has 25 heavy (non-hydrogen) atoms. The Labute approximate surface area is 146 Å². The van der Waals surface area contributed by atoms with Gasteiger partial charge in [0.15, 0.2) is 11.5 Å². The minimum Gasteiger partial charge on any atom is -0.248 e. The van der Waals surface area contributed by atoms with Gasteiger partial charge in [-0.1, -0.05) is 41.9 Å². The number of benzene rings is 1. The number of hydrogen-bond donors (Lipinski definition) is 0. The van der Waals surface area contributed by atoms with Crippen LogP contribution in [0.5, 0.6) is 0 Å². The van der Waals surface area contributed by atoms with E-state index in [9.17, 15) is 0 Å². The summed E-state index contributed by atoms with van der Waals surface area (Å²) in [6.45, 7) is 2.76. The van der Waals surface area contributed by atoms with Crippen molar-refractivity contribution in [1.82, 2.24) is 34.3 Å². The number of pyridine rings is 1. The summed E-state index contributed by atoms with van der Waals surface area (Å²) in [6.07, 6.45) is 3.50. The maximum absolute atomic E-state index is 6.37. The Morgan fingerprint density at radius 2 is 1.88 bits per heavy atom. The number of fused-ring (bicyclic) bond motifs is 5. The molecule has 0 amide bonds. The largest absolute Gasteiger partial charge is 0.254 e. The van der Waals surface area contributed by atoms with Gasteiger partial charge in [0.1, 0.15) is 5.15 Å². The van der Waals surface area contributed by atoms with Crippen LogP contribution in [0.15, 0.2) is 42.7 Å². The van der Waals surface area contributed by atoms with Crippen LogP contribution in [0.4, 0.5) is 0 Å². The summed E-state index contributed by atoms with van der Waals surface area (Å²) in [5.74, 6) is 1.05. The van der Waals surface area contributed by atoms with E-state index in [1.807, 2.05) is 41.9 Å². The summed E-state index contributed by atoms with van der Waals surface area (Å²) in [4.78, 5) is 13.4. The van der Waals surface area contributed by atoms with Crippen molar-refractivity contribution in [2.75, 3.05) is 0 Å². The van der Waals surface area contributed by atoms with Gasteiger partial charge in [0.25, 0.3) is 5.78 Å². The van der Waals surface area contributed by atoms with Crippen LogP contribution in [0.2, 0.25) is 5.15 Å². The van der Waals surface area contributed by atoms with E-state index in [-0.39, 0.29) is 0 Å². The van der Waals surface area contributed by atoms with Gasteiger partial charge < -0.3 is 0 Å². The molecule has 0 radical (unpaired) electrons. The van der Waals surface area contributed by atoms with Crippen LogP contribution in [0.1, 0.15) is 6.92 Å². The van der Waals surface area contributed by atoms with Crippen molar-refractivity contribution in [1.29, 1.82) is 0 Å². The van der Waals surface area contributed by atoms with Crippen LogP contribution in [-0.2, 0) is 6.54 Å². The molecule has 5 rings (SSSR count). The molecular formula is C17H12ClN7. The van der Waals surface area contributed by atoms with Crippen molar-refractivity contribution in [3.63, 3.8) is 0 Å². The zero-order valence-corrected chi connectivity index (χ0v) is 14.0. The average Bonchev–Trinajstić information content (AvgIpc) is 3.25. The molecule has 1 aromatic carbocycles. The standard InChI is InChI=1S/C17H12ClN7/c1-2-24-16-12(9-20-24)13-11(8-19-16)14(18)21-17-22-15(23-25(13)17)10-6-4-3-5-7-10/h3-9H,2H2,1H3. The number of hydrogen-bond acceptors (Lipinski definition) is 5. The molecule has 0 unspecified atom stereocenters. The third kappa shape index (κ3) is 2.02. The summed E-state index contributed by atoms with van der Waals surface area (Å²) >= 11 is 6.37. The SMILES string of the molecule is CCn1ncc2c1ncc1c(Cl)nc3nc(-c4ccccc4)nn3c12. The number of rotatable bonds is 2. The van der Waals surface area contributed by atoms with Crippen molar-refractivity contribution in [2.45, 2.75) is 13.5 Å². The first-order chi connectivity index (χ1) is 12.3. The van der Waals surface area contributed by atoms with E-state index in [1.54, 1.807) is 16.9 Å². The van der Waals surface area contributed by atoms with Gasteiger partial charge in [-0.05, 0) is 6.92 Å². The molecule has 0 atom stereocenters. The maximum atomic E-state index is 6.37. The lowest BCUT2D eigenvalue weighted by molar-refractivity contribution is 0.677. The molecule has 0 aliphatic carbocycles. The van der Waals surface area contributed by atoms with Crippen LogP contribution in [0.3, 0.4) is 0 Å². The minimum absolute atomic E-state index is 0.355. The number of halogens is 1. The van der Waals surface area contributed by atoms with Gasteiger partial charge in [-0.3, -0.25) is 0 Å². The molecule has 122 valence electrons. The number of aromatic nitrogens is 7. The van der Waals surface area contributed by atoms with E-state index in [0.29, 0.717) is 16.8 Å². The van der Waals surface area contributed by atoms with Gasteiger partial charge in [0.05, 0.1) is 22.5 Å². The Balaban J connectivity index is 1.92. The van der Waals surface area contributed by atoms with Crippen LogP contribution < -0.4 is 0 Å². The molecule has 0 fully saturated rings. The van der Waals surface area contributed by atoms with Gasteiger partial charge in [-0.25, -0.2) is 9.67 Å². The molecule has 0 saturated heterocycles. The predicted molar refractivity (Wildman–Crippen MR) is 95.5 cm³/mol. The molecule has 0 aliphatic heterocycles. The molecule has 0 spiro atoms. The summed E-state index contributed by atoms with van der Waals surface area (Å²) in [5.41, 5.74) is 2.52. The van der Waals surface area contributed by atoms with Crippen LogP contribution in [0, 0.1) is 0 Å². The molecule has 0 saturated carbocycles. The molecule has 0 bridgehead atoms.